The number of aromatic nitrogens is 2. The van der Waals surface area contributed by atoms with E-state index in [-0.39, 0.29) is 31.0 Å². The number of nitrogens with zero attached hydrogens (tertiary/aromatic N) is 2. The number of carbonyl (C=O) groups is 2. The van der Waals surface area contributed by atoms with E-state index in [9.17, 15) is 19.2 Å². The van der Waals surface area contributed by atoms with Crippen molar-refractivity contribution in [2.75, 3.05) is 23.8 Å². The van der Waals surface area contributed by atoms with Crippen LogP contribution >= 0.6 is 0 Å². The van der Waals surface area contributed by atoms with Crippen LogP contribution in [0.15, 0.2) is 39.9 Å². The summed E-state index contributed by atoms with van der Waals surface area (Å²) in [6.07, 6.45) is 1.50. The van der Waals surface area contributed by atoms with Gasteiger partial charge in [0.15, 0.2) is 12.3 Å². The van der Waals surface area contributed by atoms with Crippen LogP contribution in [-0.4, -0.2) is 34.6 Å². The average Bonchev–Trinajstić information content (AvgIpc) is 2.72. The number of benzene rings is 1. The van der Waals surface area contributed by atoms with Gasteiger partial charge < -0.3 is 15.4 Å². The molecule has 0 spiro atoms. The van der Waals surface area contributed by atoms with Gasteiger partial charge in [0.2, 0.25) is 0 Å². The maximum Gasteiger partial charge on any atom is 0.330 e. The lowest BCUT2D eigenvalue weighted by molar-refractivity contribution is -0.147. The minimum atomic E-state index is -0.761. The second kappa shape index (κ2) is 10.3. The molecule has 0 aliphatic rings. The monoisotopic (exact) mass is 402 g/mol. The number of nitrogens with one attached hydrogen (secondary N) is 1. The number of H-pyrrole nitrogens is 1. The molecule has 0 unspecified atom stereocenters. The number of esters is 1. The van der Waals surface area contributed by atoms with Crippen LogP contribution in [0.4, 0.5) is 11.5 Å². The maximum absolute atomic E-state index is 12.7. The van der Waals surface area contributed by atoms with Crippen LogP contribution in [-0.2, 0) is 20.9 Å². The molecule has 9 nitrogen and oxygen atoms in total. The van der Waals surface area contributed by atoms with Crippen LogP contribution in [0.3, 0.4) is 0 Å². The van der Waals surface area contributed by atoms with Crippen LogP contribution in [0.2, 0.25) is 0 Å². The summed E-state index contributed by atoms with van der Waals surface area (Å²) in [7, 11) is 0. The Bertz CT molecular complexity index is 965. The van der Waals surface area contributed by atoms with Gasteiger partial charge in [0.25, 0.3) is 11.5 Å². The molecule has 2 rings (SSSR count). The van der Waals surface area contributed by atoms with E-state index in [4.69, 9.17) is 10.5 Å². The number of amides is 1. The highest BCUT2D eigenvalue weighted by atomic mass is 16.5. The van der Waals surface area contributed by atoms with E-state index in [2.05, 4.69) is 4.98 Å². The SMILES string of the molecule is CCCCN(C(=O)COC(=O)CC)c1c(N)n(Cc2ccccc2)c(=O)[nH]c1=O. The molecule has 0 radical (unpaired) electrons. The van der Waals surface area contributed by atoms with Crippen molar-refractivity contribution in [1.29, 1.82) is 0 Å². The number of aromatic amines is 1. The minimum Gasteiger partial charge on any atom is -0.456 e. The zero-order valence-electron chi connectivity index (χ0n) is 16.6. The highest BCUT2D eigenvalue weighted by Gasteiger charge is 2.24. The van der Waals surface area contributed by atoms with Gasteiger partial charge in [-0.15, -0.1) is 0 Å². The first kappa shape index (κ1) is 21.9. The number of unbranched alkanes of at least 4 members (excludes halogenated alkanes) is 1. The van der Waals surface area contributed by atoms with E-state index in [1.165, 1.54) is 9.47 Å². The summed E-state index contributed by atoms with van der Waals surface area (Å²) >= 11 is 0. The van der Waals surface area contributed by atoms with Gasteiger partial charge in [0.05, 0.1) is 6.54 Å². The number of hydrogen-bond acceptors (Lipinski definition) is 6. The number of carbonyl (C=O) groups excluding carboxylic acids is 2. The summed E-state index contributed by atoms with van der Waals surface area (Å²) < 4.78 is 6.12. The molecule has 0 bridgehead atoms. The molecule has 2 aromatic rings. The average molecular weight is 402 g/mol. The third-order valence-electron chi connectivity index (χ3n) is 4.35. The van der Waals surface area contributed by atoms with Crippen molar-refractivity contribution >= 4 is 23.4 Å². The Balaban J connectivity index is 2.45. The van der Waals surface area contributed by atoms with E-state index < -0.39 is 29.7 Å². The van der Waals surface area contributed by atoms with Crippen LogP contribution in [0, 0.1) is 0 Å². The Labute approximate surface area is 168 Å². The molecule has 1 aromatic carbocycles. The molecule has 9 heteroatoms. The van der Waals surface area contributed by atoms with Crippen LogP contribution in [0.5, 0.6) is 0 Å². The first-order chi connectivity index (χ1) is 13.9. The molecule has 1 amide bonds. The van der Waals surface area contributed by atoms with Crippen molar-refractivity contribution < 1.29 is 14.3 Å². The third-order valence-corrected chi connectivity index (χ3v) is 4.35. The number of ether oxygens (including phenoxy) is 1. The summed E-state index contributed by atoms with van der Waals surface area (Å²) in [4.78, 5) is 52.3. The second-order valence-corrected chi connectivity index (χ2v) is 6.48. The fourth-order valence-electron chi connectivity index (χ4n) is 2.76. The minimum absolute atomic E-state index is 0.117. The van der Waals surface area contributed by atoms with Gasteiger partial charge >= 0.3 is 11.7 Å². The molecule has 0 atom stereocenters. The Kier molecular flexibility index (Phi) is 7.76. The summed E-state index contributed by atoms with van der Waals surface area (Å²) in [6.45, 7) is 3.38. The molecule has 3 N–H and O–H groups in total. The number of rotatable bonds is 9. The van der Waals surface area contributed by atoms with Crippen molar-refractivity contribution in [2.45, 2.75) is 39.7 Å². The molecule has 1 aromatic heterocycles. The van der Waals surface area contributed by atoms with Crippen molar-refractivity contribution in [1.82, 2.24) is 9.55 Å². The van der Waals surface area contributed by atoms with Crippen molar-refractivity contribution in [3.05, 3.63) is 56.7 Å². The Hall–Kier alpha value is -3.36. The zero-order valence-corrected chi connectivity index (χ0v) is 16.6. The first-order valence-corrected chi connectivity index (χ1v) is 9.51. The van der Waals surface area contributed by atoms with E-state index in [1.54, 1.807) is 6.92 Å². The van der Waals surface area contributed by atoms with Gasteiger partial charge in [0, 0.05) is 13.0 Å². The van der Waals surface area contributed by atoms with E-state index in [0.717, 1.165) is 12.0 Å². The molecule has 0 aliphatic carbocycles. The van der Waals surface area contributed by atoms with Crippen LogP contribution in [0.1, 0.15) is 38.7 Å². The Morgan fingerprint density at radius 3 is 2.48 bits per heavy atom. The summed E-state index contributed by atoms with van der Waals surface area (Å²) in [5, 5.41) is 0. The smallest absolute Gasteiger partial charge is 0.330 e. The normalized spacial score (nSPS) is 10.6. The van der Waals surface area contributed by atoms with Gasteiger partial charge in [-0.25, -0.2) is 4.79 Å². The van der Waals surface area contributed by atoms with Crippen molar-refractivity contribution in [2.24, 2.45) is 0 Å². The molecule has 0 aliphatic heterocycles. The lowest BCUT2D eigenvalue weighted by Crippen LogP contribution is -2.43. The highest BCUT2D eigenvalue weighted by Crippen LogP contribution is 2.19. The van der Waals surface area contributed by atoms with Gasteiger partial charge in [-0.3, -0.25) is 23.9 Å². The van der Waals surface area contributed by atoms with Crippen LogP contribution in [0.25, 0.3) is 0 Å². The van der Waals surface area contributed by atoms with Gasteiger partial charge in [-0.1, -0.05) is 50.6 Å². The number of hydrogen-bond donors (Lipinski definition) is 2. The molecule has 29 heavy (non-hydrogen) atoms. The molecule has 1 heterocycles. The Morgan fingerprint density at radius 2 is 1.86 bits per heavy atom. The summed E-state index contributed by atoms with van der Waals surface area (Å²) in [5.74, 6) is -1.22. The summed E-state index contributed by atoms with van der Waals surface area (Å²) in [6, 6.07) is 9.13. The second-order valence-electron chi connectivity index (χ2n) is 6.48. The fourth-order valence-corrected chi connectivity index (χ4v) is 2.76. The van der Waals surface area contributed by atoms with E-state index in [1.807, 2.05) is 37.3 Å². The quantitative estimate of drug-likeness (QED) is 0.608. The third kappa shape index (κ3) is 5.56. The van der Waals surface area contributed by atoms with Crippen LogP contribution < -0.4 is 21.9 Å². The molecule has 0 fully saturated rings. The largest absolute Gasteiger partial charge is 0.456 e. The van der Waals surface area contributed by atoms with Crippen molar-refractivity contribution in [3.63, 3.8) is 0 Å². The van der Waals surface area contributed by atoms with Gasteiger partial charge in [0.1, 0.15) is 5.82 Å². The zero-order chi connectivity index (χ0) is 21.4. The molecule has 156 valence electrons. The lowest BCUT2D eigenvalue weighted by Gasteiger charge is -2.24. The molecular weight excluding hydrogens is 376 g/mol. The molecule has 0 saturated heterocycles. The standard InChI is InChI=1S/C20H26N4O5/c1-3-5-11-23(15(25)13-29-16(26)4-2)17-18(21)24(20(28)22-19(17)27)12-14-9-7-6-8-10-14/h6-10H,3-5,11-13,21H2,1-2H3,(H,22,27,28). The molecular formula is C20H26N4O5. The lowest BCUT2D eigenvalue weighted by atomic mass is 10.2. The topological polar surface area (TPSA) is 127 Å². The Morgan fingerprint density at radius 1 is 1.17 bits per heavy atom. The predicted octanol–water partition coefficient (Wildman–Crippen LogP) is 1.25. The maximum atomic E-state index is 12.7. The number of anilines is 2. The summed E-state index contributed by atoms with van der Waals surface area (Å²) in [5.41, 5.74) is 5.43. The van der Waals surface area contributed by atoms with E-state index >= 15 is 0 Å². The van der Waals surface area contributed by atoms with E-state index in [0.29, 0.717) is 6.42 Å². The fraction of sp³-hybridized carbons (Fsp3) is 0.400. The number of nitrogen functional groups attached to an aromatic ring is 1. The van der Waals surface area contributed by atoms with Gasteiger partial charge in [-0.05, 0) is 12.0 Å². The van der Waals surface area contributed by atoms with Gasteiger partial charge in [-0.2, -0.15) is 0 Å². The highest BCUT2D eigenvalue weighted by molar-refractivity contribution is 5.97. The first-order valence-electron chi connectivity index (χ1n) is 9.51. The van der Waals surface area contributed by atoms with Crippen molar-refractivity contribution in [3.8, 4) is 0 Å². The molecule has 0 saturated carbocycles. The number of nitrogens with two attached hydrogens (primary N) is 1. The predicted molar refractivity (Wildman–Crippen MR) is 110 cm³/mol.